The van der Waals surface area contributed by atoms with Gasteiger partial charge >= 0.3 is 0 Å². The van der Waals surface area contributed by atoms with Gasteiger partial charge < -0.3 is 15.8 Å². The van der Waals surface area contributed by atoms with Crippen molar-refractivity contribution in [3.05, 3.63) is 18.3 Å². The first-order valence-corrected chi connectivity index (χ1v) is 5.21. The van der Waals surface area contributed by atoms with E-state index >= 15 is 0 Å². The third-order valence-corrected chi connectivity index (χ3v) is 1.79. The number of rotatable bonds is 6. The Labute approximate surface area is 90.8 Å². The summed E-state index contributed by atoms with van der Waals surface area (Å²) in [6.45, 7) is 6.50. The summed E-state index contributed by atoms with van der Waals surface area (Å²) in [5.74, 6) is 1.37. The lowest BCUT2D eigenvalue weighted by atomic mass is 10.2. The summed E-state index contributed by atoms with van der Waals surface area (Å²) in [6.07, 6.45) is 1.69. The van der Waals surface area contributed by atoms with Crippen molar-refractivity contribution in [1.82, 2.24) is 4.98 Å². The molecule has 0 saturated carbocycles. The standard InChI is InChI=1S/C11H19N3O/c1-9(2)8-15-6-5-14-11-7-10(12)3-4-13-11/h3-4,7,9H,5-6,8H2,1-2H3,(H3,12,13,14). The highest BCUT2D eigenvalue weighted by atomic mass is 16.5. The summed E-state index contributed by atoms with van der Waals surface area (Å²) >= 11 is 0. The van der Waals surface area contributed by atoms with E-state index in [1.165, 1.54) is 0 Å². The Hall–Kier alpha value is -1.29. The Kier molecular flexibility index (Phi) is 4.90. The van der Waals surface area contributed by atoms with Crippen LogP contribution in [0.25, 0.3) is 0 Å². The molecule has 0 atom stereocenters. The molecule has 0 spiro atoms. The van der Waals surface area contributed by atoms with Gasteiger partial charge in [0, 0.05) is 31.1 Å². The molecule has 0 fully saturated rings. The minimum Gasteiger partial charge on any atom is -0.399 e. The van der Waals surface area contributed by atoms with Gasteiger partial charge in [-0.3, -0.25) is 0 Å². The van der Waals surface area contributed by atoms with Gasteiger partial charge in [0.25, 0.3) is 0 Å². The van der Waals surface area contributed by atoms with E-state index in [9.17, 15) is 0 Å². The predicted octanol–water partition coefficient (Wildman–Crippen LogP) is 1.75. The summed E-state index contributed by atoms with van der Waals surface area (Å²) in [5, 5.41) is 3.14. The molecule has 0 bridgehead atoms. The summed E-state index contributed by atoms with van der Waals surface area (Å²) in [4.78, 5) is 4.13. The fourth-order valence-electron chi connectivity index (χ4n) is 1.11. The van der Waals surface area contributed by atoms with Crippen LogP contribution in [0.3, 0.4) is 0 Å². The third-order valence-electron chi connectivity index (χ3n) is 1.79. The van der Waals surface area contributed by atoms with E-state index in [1.807, 2.05) is 6.07 Å². The molecule has 84 valence electrons. The molecule has 15 heavy (non-hydrogen) atoms. The summed E-state index contributed by atoms with van der Waals surface area (Å²) in [7, 11) is 0. The molecule has 3 N–H and O–H groups in total. The van der Waals surface area contributed by atoms with Crippen molar-refractivity contribution in [3.63, 3.8) is 0 Å². The second kappa shape index (κ2) is 6.24. The van der Waals surface area contributed by atoms with E-state index in [0.717, 1.165) is 24.7 Å². The fraction of sp³-hybridized carbons (Fsp3) is 0.545. The highest BCUT2D eigenvalue weighted by Crippen LogP contribution is 2.06. The van der Waals surface area contributed by atoms with Crippen molar-refractivity contribution in [3.8, 4) is 0 Å². The normalized spacial score (nSPS) is 10.6. The number of hydrogen-bond acceptors (Lipinski definition) is 4. The first kappa shape index (κ1) is 11.8. The number of aromatic nitrogens is 1. The van der Waals surface area contributed by atoms with Gasteiger partial charge in [0.05, 0.1) is 6.61 Å². The van der Waals surface area contributed by atoms with E-state index in [2.05, 4.69) is 24.1 Å². The van der Waals surface area contributed by atoms with E-state index < -0.39 is 0 Å². The van der Waals surface area contributed by atoms with Crippen LogP contribution < -0.4 is 11.1 Å². The summed E-state index contributed by atoms with van der Waals surface area (Å²) < 4.78 is 5.43. The molecule has 0 aromatic carbocycles. The number of nitrogen functional groups attached to an aromatic ring is 1. The molecule has 4 nitrogen and oxygen atoms in total. The van der Waals surface area contributed by atoms with Crippen LogP contribution in [0, 0.1) is 5.92 Å². The molecule has 0 aliphatic rings. The first-order chi connectivity index (χ1) is 7.18. The maximum atomic E-state index is 5.62. The Morgan fingerprint density at radius 1 is 1.53 bits per heavy atom. The molecule has 1 heterocycles. The van der Waals surface area contributed by atoms with Crippen LogP contribution in [0.4, 0.5) is 11.5 Å². The highest BCUT2D eigenvalue weighted by Gasteiger charge is 1.95. The van der Waals surface area contributed by atoms with Gasteiger partial charge in [-0.1, -0.05) is 13.8 Å². The molecule has 1 rings (SSSR count). The van der Waals surface area contributed by atoms with Gasteiger partial charge in [0.1, 0.15) is 5.82 Å². The average Bonchev–Trinajstić information content (AvgIpc) is 2.17. The van der Waals surface area contributed by atoms with Crippen molar-refractivity contribution in [2.24, 2.45) is 5.92 Å². The zero-order valence-corrected chi connectivity index (χ0v) is 9.36. The Bertz CT molecular complexity index is 289. The van der Waals surface area contributed by atoms with Crippen LogP contribution in [0.5, 0.6) is 0 Å². The molecule has 0 radical (unpaired) electrons. The smallest absolute Gasteiger partial charge is 0.128 e. The number of pyridine rings is 1. The second-order valence-electron chi connectivity index (χ2n) is 3.87. The van der Waals surface area contributed by atoms with Gasteiger partial charge in [-0.15, -0.1) is 0 Å². The molecular weight excluding hydrogens is 190 g/mol. The molecule has 0 aliphatic heterocycles. The second-order valence-corrected chi connectivity index (χ2v) is 3.87. The number of anilines is 2. The van der Waals surface area contributed by atoms with Crippen molar-refractivity contribution in [2.75, 3.05) is 30.8 Å². The monoisotopic (exact) mass is 209 g/mol. The number of nitrogens with one attached hydrogen (secondary N) is 1. The largest absolute Gasteiger partial charge is 0.399 e. The fourth-order valence-corrected chi connectivity index (χ4v) is 1.11. The zero-order valence-electron chi connectivity index (χ0n) is 9.36. The van der Waals surface area contributed by atoms with E-state index in [0.29, 0.717) is 12.5 Å². The number of ether oxygens (including phenoxy) is 1. The number of nitrogens with two attached hydrogens (primary N) is 1. The van der Waals surface area contributed by atoms with Gasteiger partial charge in [0.15, 0.2) is 0 Å². The topological polar surface area (TPSA) is 60.2 Å². The average molecular weight is 209 g/mol. The summed E-state index contributed by atoms with van der Waals surface area (Å²) in [5.41, 5.74) is 6.34. The number of nitrogens with zero attached hydrogens (tertiary/aromatic N) is 1. The molecular formula is C11H19N3O. The number of hydrogen-bond donors (Lipinski definition) is 2. The van der Waals surface area contributed by atoms with Crippen molar-refractivity contribution < 1.29 is 4.74 Å². The Balaban J connectivity index is 2.15. The van der Waals surface area contributed by atoms with Gasteiger partial charge in [0.2, 0.25) is 0 Å². The Morgan fingerprint density at radius 3 is 3.00 bits per heavy atom. The molecule has 0 aliphatic carbocycles. The van der Waals surface area contributed by atoms with E-state index in [1.54, 1.807) is 12.3 Å². The van der Waals surface area contributed by atoms with Gasteiger partial charge in [-0.25, -0.2) is 4.98 Å². The lowest BCUT2D eigenvalue weighted by Gasteiger charge is -2.08. The van der Waals surface area contributed by atoms with Crippen molar-refractivity contribution in [2.45, 2.75) is 13.8 Å². The van der Waals surface area contributed by atoms with Crippen molar-refractivity contribution in [1.29, 1.82) is 0 Å². The minimum absolute atomic E-state index is 0.579. The van der Waals surface area contributed by atoms with Gasteiger partial charge in [-0.05, 0) is 12.0 Å². The van der Waals surface area contributed by atoms with Crippen molar-refractivity contribution >= 4 is 11.5 Å². The van der Waals surface area contributed by atoms with E-state index in [-0.39, 0.29) is 0 Å². The lowest BCUT2D eigenvalue weighted by molar-refractivity contribution is 0.118. The van der Waals surface area contributed by atoms with Crippen LogP contribution in [0.2, 0.25) is 0 Å². The van der Waals surface area contributed by atoms with Crippen LogP contribution in [0.1, 0.15) is 13.8 Å². The van der Waals surface area contributed by atoms with E-state index in [4.69, 9.17) is 10.5 Å². The van der Waals surface area contributed by atoms with Crippen LogP contribution in [-0.4, -0.2) is 24.7 Å². The molecule has 1 aromatic rings. The van der Waals surface area contributed by atoms with Crippen LogP contribution in [0.15, 0.2) is 18.3 Å². The SMILES string of the molecule is CC(C)COCCNc1cc(N)ccn1. The third kappa shape index (κ3) is 5.22. The molecule has 0 amide bonds. The zero-order chi connectivity index (χ0) is 11.1. The maximum absolute atomic E-state index is 5.62. The maximum Gasteiger partial charge on any atom is 0.128 e. The quantitative estimate of drug-likeness (QED) is 0.701. The molecule has 4 heteroatoms. The highest BCUT2D eigenvalue weighted by molar-refractivity contribution is 5.48. The van der Waals surface area contributed by atoms with Gasteiger partial charge in [-0.2, -0.15) is 0 Å². The summed E-state index contributed by atoms with van der Waals surface area (Å²) in [6, 6.07) is 3.57. The Morgan fingerprint density at radius 2 is 2.33 bits per heavy atom. The van der Waals surface area contributed by atoms with Crippen LogP contribution in [-0.2, 0) is 4.74 Å². The lowest BCUT2D eigenvalue weighted by Crippen LogP contribution is -2.12. The molecule has 0 unspecified atom stereocenters. The minimum atomic E-state index is 0.579. The first-order valence-electron chi connectivity index (χ1n) is 5.21. The van der Waals surface area contributed by atoms with Crippen LogP contribution >= 0.6 is 0 Å². The molecule has 0 saturated heterocycles. The predicted molar refractivity (Wildman–Crippen MR) is 62.8 cm³/mol. The molecule has 1 aromatic heterocycles.